The van der Waals surface area contributed by atoms with Crippen molar-refractivity contribution in [1.29, 1.82) is 0 Å². The van der Waals surface area contributed by atoms with E-state index in [1.54, 1.807) is 27.0 Å². The first kappa shape index (κ1) is 44.8. The molecule has 2 aromatic rings. The lowest BCUT2D eigenvalue weighted by atomic mass is 9.73. The number of hydrogen-bond donors (Lipinski definition) is 2. The lowest BCUT2D eigenvalue weighted by Crippen LogP contribution is -2.60. The molecule has 4 aliphatic heterocycles. The molecule has 4 aliphatic rings. The Morgan fingerprint density at radius 3 is 2.44 bits per heavy atom. The van der Waals surface area contributed by atoms with Gasteiger partial charge in [0, 0.05) is 41.6 Å². The second kappa shape index (κ2) is 18.1. The van der Waals surface area contributed by atoms with Crippen LogP contribution in [0.2, 0.25) is 0 Å². The smallest absolute Gasteiger partial charge is 0.316 e. The monoisotopic (exact) mass is 822 g/mol. The minimum atomic E-state index is -1.84. The number of pyridine rings is 1. The number of oxime groups is 1. The van der Waals surface area contributed by atoms with E-state index in [1.807, 2.05) is 70.1 Å². The zero-order valence-electron chi connectivity index (χ0n) is 36.0. The first-order chi connectivity index (χ1) is 27.9. The van der Waals surface area contributed by atoms with Gasteiger partial charge in [-0.05, 0) is 78.4 Å². The van der Waals surface area contributed by atoms with Gasteiger partial charge in [0.2, 0.25) is 6.10 Å². The zero-order valence-corrected chi connectivity index (χ0v) is 36.0. The Labute approximate surface area is 346 Å². The summed E-state index contributed by atoms with van der Waals surface area (Å²) in [6.07, 6.45) is -4.43. The Hall–Kier alpha value is -3.70. The topological polar surface area (TPSA) is 188 Å². The van der Waals surface area contributed by atoms with E-state index in [-0.39, 0.29) is 50.3 Å². The third-order valence-electron chi connectivity index (χ3n) is 12.8. The predicted molar refractivity (Wildman–Crippen MR) is 219 cm³/mol. The number of cyclic esters (lactones) is 1. The molecule has 0 saturated carbocycles. The van der Waals surface area contributed by atoms with E-state index < -0.39 is 89.3 Å². The molecular weight excluding hydrogens is 761 g/mol. The molecule has 1 unspecified atom stereocenters. The molecule has 15 nitrogen and oxygen atoms in total. The Kier molecular flexibility index (Phi) is 13.8. The van der Waals surface area contributed by atoms with Crippen LogP contribution in [0.25, 0.3) is 10.8 Å². The van der Waals surface area contributed by atoms with Crippen molar-refractivity contribution in [2.45, 2.75) is 141 Å². The number of ether oxygens (including phenoxy) is 5. The summed E-state index contributed by atoms with van der Waals surface area (Å²) in [7, 11) is 3.74. The normalized spacial score (nSPS) is 40.0. The number of ketones is 1. The van der Waals surface area contributed by atoms with E-state index in [0.29, 0.717) is 17.8 Å². The summed E-state index contributed by atoms with van der Waals surface area (Å²) >= 11 is 0. The van der Waals surface area contributed by atoms with Crippen LogP contribution >= 0.6 is 0 Å². The predicted octanol–water partition coefficient (Wildman–Crippen LogP) is 4.08. The molecule has 1 aromatic carbocycles. The van der Waals surface area contributed by atoms with E-state index in [1.165, 1.54) is 13.8 Å². The number of carbonyl (C=O) groups excluding carboxylic acids is 3. The van der Waals surface area contributed by atoms with Crippen molar-refractivity contribution in [3.63, 3.8) is 0 Å². The summed E-state index contributed by atoms with van der Waals surface area (Å²) in [6.45, 7) is 13.5. The number of benzene rings is 1. The number of Topliss-reactive ketones (excluding diaryl/α,β-unsaturated/α-hetero) is 1. The number of likely N-dealkylation sites (N-methyl/N-ethyl adjacent to an activating group) is 1. The molecule has 1 amide bonds. The number of hydrogen-bond acceptors (Lipinski definition) is 14. The first-order valence-electron chi connectivity index (χ1n) is 20.9. The number of nitrogens with zero attached hydrogens (tertiary/aromatic N) is 4. The number of amides is 1. The minimum absolute atomic E-state index is 0.0642. The van der Waals surface area contributed by atoms with Gasteiger partial charge in [0.1, 0.15) is 29.4 Å². The van der Waals surface area contributed by atoms with Crippen LogP contribution in [0, 0.1) is 23.7 Å². The van der Waals surface area contributed by atoms with Gasteiger partial charge in [-0.1, -0.05) is 57.1 Å². The summed E-state index contributed by atoms with van der Waals surface area (Å²) in [4.78, 5) is 60.3. The van der Waals surface area contributed by atoms with Gasteiger partial charge in [0.15, 0.2) is 12.1 Å². The second-order valence-electron chi connectivity index (χ2n) is 17.6. The molecule has 0 radical (unpaired) electrons. The molecule has 3 fully saturated rings. The highest BCUT2D eigenvalue weighted by Gasteiger charge is 2.53. The fourth-order valence-electron chi connectivity index (χ4n) is 9.45. The van der Waals surface area contributed by atoms with Crippen molar-refractivity contribution in [3.8, 4) is 0 Å². The number of aliphatic hydroxyl groups excluding tert-OH is 1. The molecule has 0 aliphatic carbocycles. The molecule has 59 heavy (non-hydrogen) atoms. The average molecular weight is 823 g/mol. The van der Waals surface area contributed by atoms with Crippen LogP contribution in [0.15, 0.2) is 46.7 Å². The molecule has 14 atom stereocenters. The SMILES string of the molecule is CC[C@H]1OC(=O)[C@H](C)C(=O)[C@H](C)[C@@H](O[C@@H]2O[C@H](C)C[C@H](N(C)C)[C@H]2O)[C@@]2(C)C[C@@H](C)C3=NC(=O)C(Cc4nccc5ccccc45)O/N=C(/CO[C@H]([C@H]3C)[C@]1(C)O)CO2. The quantitative estimate of drug-likeness (QED) is 0.314. The van der Waals surface area contributed by atoms with Crippen LogP contribution in [0.1, 0.15) is 80.3 Å². The number of fused-ring (bicyclic) bond motifs is 5. The van der Waals surface area contributed by atoms with Crippen molar-refractivity contribution in [1.82, 2.24) is 9.88 Å². The van der Waals surface area contributed by atoms with Crippen LogP contribution in [-0.4, -0.2) is 137 Å². The van der Waals surface area contributed by atoms with Gasteiger partial charge >= 0.3 is 5.97 Å². The zero-order chi connectivity index (χ0) is 43.0. The first-order valence-corrected chi connectivity index (χ1v) is 20.9. The third-order valence-corrected chi connectivity index (χ3v) is 12.8. The van der Waals surface area contributed by atoms with Crippen molar-refractivity contribution in [2.75, 3.05) is 27.3 Å². The summed E-state index contributed by atoms with van der Waals surface area (Å²) in [5, 5.41) is 30.4. The molecule has 15 heteroatoms. The van der Waals surface area contributed by atoms with Crippen LogP contribution in [0.4, 0.5) is 0 Å². The third kappa shape index (κ3) is 9.31. The summed E-state index contributed by atoms with van der Waals surface area (Å²) < 4.78 is 32.5. The lowest BCUT2D eigenvalue weighted by Gasteiger charge is -2.47. The van der Waals surface area contributed by atoms with E-state index in [0.717, 1.165) is 10.8 Å². The van der Waals surface area contributed by atoms with Crippen molar-refractivity contribution in [2.24, 2.45) is 33.8 Å². The van der Waals surface area contributed by atoms with Crippen LogP contribution in [-0.2, 0) is 49.3 Å². The summed E-state index contributed by atoms with van der Waals surface area (Å²) in [5.74, 6) is -5.47. The van der Waals surface area contributed by atoms with Gasteiger partial charge in [-0.25, -0.2) is 4.99 Å². The van der Waals surface area contributed by atoms with E-state index in [4.69, 9.17) is 33.5 Å². The fraction of sp³-hybridized carbons (Fsp3) is 0.682. The molecule has 6 rings (SSSR count). The lowest BCUT2D eigenvalue weighted by molar-refractivity contribution is -0.296. The number of aliphatic imine (C=N–C) groups is 1. The van der Waals surface area contributed by atoms with E-state index >= 15 is 0 Å². The average Bonchev–Trinajstić information content (AvgIpc) is 3.23. The Balaban J connectivity index is 1.52. The standard InChI is InChI=1S/C44H62N4O11/c1-11-34-44(8,53)39-25(4)35-23(2)20-43(7,38(26(5)36(49)27(6)41(52)57-34)58-42-37(50)32(48(9)10)18-24(3)56-42)55-22-29(21-54-39)47-59-33(40(51)46-35)19-31-30-15-13-12-14-28(30)16-17-45-31/h12-17,23-27,32-34,37-39,42,50,53H,11,18-22H2,1-10H3/b46-35?,47-29-/t23-,24-,25+,26+,27-,32+,33?,34-,37-,38-,39-,42+,43-,44-/m1/s1. The molecule has 3 saturated heterocycles. The molecule has 0 spiro atoms. The molecule has 2 N–H and O–H groups in total. The number of aromatic nitrogens is 1. The second-order valence-corrected chi connectivity index (χ2v) is 17.6. The van der Waals surface area contributed by atoms with Crippen LogP contribution in [0.3, 0.4) is 0 Å². The van der Waals surface area contributed by atoms with Gasteiger partial charge < -0.3 is 43.6 Å². The highest BCUT2D eigenvalue weighted by molar-refractivity contribution is 6.01. The number of esters is 1. The molecule has 5 heterocycles. The van der Waals surface area contributed by atoms with Crippen LogP contribution in [0.5, 0.6) is 0 Å². The number of aliphatic hydroxyl groups is 2. The van der Waals surface area contributed by atoms with Crippen molar-refractivity contribution < 1.29 is 53.1 Å². The molecule has 324 valence electrons. The molecular formula is C44H62N4O11. The van der Waals surface area contributed by atoms with Gasteiger partial charge in [0.25, 0.3) is 5.91 Å². The molecule has 4 bridgehead atoms. The highest BCUT2D eigenvalue weighted by Crippen LogP contribution is 2.40. The van der Waals surface area contributed by atoms with Crippen molar-refractivity contribution >= 4 is 39.9 Å². The Morgan fingerprint density at radius 1 is 1.00 bits per heavy atom. The minimum Gasteiger partial charge on any atom is -0.459 e. The highest BCUT2D eigenvalue weighted by atomic mass is 16.7. The maximum Gasteiger partial charge on any atom is 0.316 e. The molecule has 1 aromatic heterocycles. The fourth-order valence-corrected chi connectivity index (χ4v) is 9.45. The van der Waals surface area contributed by atoms with Crippen molar-refractivity contribution in [3.05, 3.63) is 42.2 Å². The Bertz CT molecular complexity index is 1910. The summed E-state index contributed by atoms with van der Waals surface area (Å²) in [6, 6.07) is 9.32. The van der Waals surface area contributed by atoms with Gasteiger partial charge in [0.05, 0.1) is 42.8 Å². The maximum absolute atomic E-state index is 14.5. The van der Waals surface area contributed by atoms with E-state index in [9.17, 15) is 24.6 Å². The number of carbonyl (C=O) groups is 3. The van der Waals surface area contributed by atoms with Gasteiger partial charge in [-0.3, -0.25) is 19.4 Å². The van der Waals surface area contributed by atoms with Gasteiger partial charge in [-0.2, -0.15) is 0 Å². The Morgan fingerprint density at radius 2 is 1.73 bits per heavy atom. The number of rotatable bonds is 6. The maximum atomic E-state index is 14.5. The van der Waals surface area contributed by atoms with E-state index in [2.05, 4.69) is 10.1 Å². The summed E-state index contributed by atoms with van der Waals surface area (Å²) in [5.41, 5.74) is -1.96. The van der Waals surface area contributed by atoms with Crippen LogP contribution < -0.4 is 0 Å². The largest absolute Gasteiger partial charge is 0.459 e. The van der Waals surface area contributed by atoms with Gasteiger partial charge in [-0.15, -0.1) is 0 Å².